The maximum absolute atomic E-state index is 5.09. The maximum atomic E-state index is 5.09. The summed E-state index contributed by atoms with van der Waals surface area (Å²) in [6, 6.07) is 1.15. The number of rotatable bonds is 10. The first kappa shape index (κ1) is 16.2. The van der Waals surface area contributed by atoms with Crippen LogP contribution >= 0.6 is 11.8 Å². The normalized spacial score (nSPS) is 15.4. The molecule has 0 spiro atoms. The summed E-state index contributed by atoms with van der Waals surface area (Å²) in [5, 5.41) is 3.46. The number of likely N-dealkylation sites (N-methyl/N-ethyl adjacent to an activating group) is 1. The standard InChI is InChI=1S/C12H28N2OS/c1-6-12(10-16-5)14(3)8-7-13-11(2)9-15-4/h11-13H,6-10H2,1-5H3. The summed E-state index contributed by atoms with van der Waals surface area (Å²) in [7, 11) is 3.96. The Labute approximate surface area is 105 Å². The number of hydrogen-bond acceptors (Lipinski definition) is 4. The van der Waals surface area contributed by atoms with E-state index >= 15 is 0 Å². The van der Waals surface area contributed by atoms with Crippen molar-refractivity contribution in [1.29, 1.82) is 0 Å². The van der Waals surface area contributed by atoms with Gasteiger partial charge in [0.2, 0.25) is 0 Å². The second-order valence-corrected chi connectivity index (χ2v) is 5.22. The Bertz CT molecular complexity index is 158. The van der Waals surface area contributed by atoms with E-state index in [9.17, 15) is 0 Å². The van der Waals surface area contributed by atoms with Crippen molar-refractivity contribution in [2.75, 3.05) is 45.9 Å². The number of nitrogens with one attached hydrogen (secondary N) is 1. The van der Waals surface area contributed by atoms with Gasteiger partial charge in [-0.1, -0.05) is 6.92 Å². The lowest BCUT2D eigenvalue weighted by Crippen LogP contribution is -2.41. The molecule has 0 fully saturated rings. The molecular weight excluding hydrogens is 220 g/mol. The highest BCUT2D eigenvalue weighted by Gasteiger charge is 2.11. The van der Waals surface area contributed by atoms with E-state index in [2.05, 4.69) is 37.4 Å². The lowest BCUT2D eigenvalue weighted by molar-refractivity contribution is 0.168. The van der Waals surface area contributed by atoms with Crippen molar-refractivity contribution in [3.8, 4) is 0 Å². The van der Waals surface area contributed by atoms with Gasteiger partial charge in [0.15, 0.2) is 0 Å². The van der Waals surface area contributed by atoms with Gasteiger partial charge in [-0.15, -0.1) is 0 Å². The van der Waals surface area contributed by atoms with Crippen LogP contribution in [0, 0.1) is 0 Å². The summed E-state index contributed by atoms with van der Waals surface area (Å²) < 4.78 is 5.09. The molecule has 0 aromatic rings. The van der Waals surface area contributed by atoms with Gasteiger partial charge in [-0.2, -0.15) is 11.8 Å². The summed E-state index contributed by atoms with van der Waals surface area (Å²) in [6.45, 7) is 7.34. The zero-order valence-corrected chi connectivity index (χ0v) is 12.3. The van der Waals surface area contributed by atoms with Crippen LogP contribution in [0.15, 0.2) is 0 Å². The largest absolute Gasteiger partial charge is 0.383 e. The number of ether oxygens (including phenoxy) is 1. The quantitative estimate of drug-likeness (QED) is 0.636. The number of hydrogen-bond donors (Lipinski definition) is 1. The van der Waals surface area contributed by atoms with Crippen molar-refractivity contribution in [1.82, 2.24) is 10.2 Å². The van der Waals surface area contributed by atoms with Gasteiger partial charge >= 0.3 is 0 Å². The molecule has 0 aliphatic heterocycles. The lowest BCUT2D eigenvalue weighted by Gasteiger charge is -2.27. The lowest BCUT2D eigenvalue weighted by atomic mass is 10.2. The third-order valence-corrected chi connectivity index (χ3v) is 3.55. The van der Waals surface area contributed by atoms with Crippen LogP contribution in [-0.4, -0.2) is 62.8 Å². The second kappa shape index (κ2) is 10.4. The predicted octanol–water partition coefficient (Wildman–Crippen LogP) is 1.68. The summed E-state index contributed by atoms with van der Waals surface area (Å²) in [5.41, 5.74) is 0. The molecule has 16 heavy (non-hydrogen) atoms. The molecular formula is C12H28N2OS. The molecule has 98 valence electrons. The van der Waals surface area contributed by atoms with Gasteiger partial charge in [0, 0.05) is 38.0 Å². The fourth-order valence-electron chi connectivity index (χ4n) is 1.73. The van der Waals surface area contributed by atoms with Crippen LogP contribution in [0.1, 0.15) is 20.3 Å². The van der Waals surface area contributed by atoms with Gasteiger partial charge in [-0.05, 0) is 26.6 Å². The van der Waals surface area contributed by atoms with E-state index in [0.29, 0.717) is 12.1 Å². The molecule has 1 N–H and O–H groups in total. The van der Waals surface area contributed by atoms with Crippen molar-refractivity contribution >= 4 is 11.8 Å². The van der Waals surface area contributed by atoms with Gasteiger partial charge in [-0.25, -0.2) is 0 Å². The molecule has 0 aliphatic carbocycles. The summed E-state index contributed by atoms with van der Waals surface area (Å²) in [5.74, 6) is 1.22. The van der Waals surface area contributed by atoms with E-state index < -0.39 is 0 Å². The average Bonchev–Trinajstić information content (AvgIpc) is 2.26. The Morgan fingerprint density at radius 3 is 2.62 bits per heavy atom. The zero-order valence-electron chi connectivity index (χ0n) is 11.5. The van der Waals surface area contributed by atoms with Gasteiger partial charge in [0.25, 0.3) is 0 Å². The first-order valence-corrected chi connectivity index (χ1v) is 7.46. The monoisotopic (exact) mass is 248 g/mol. The fourth-order valence-corrected chi connectivity index (χ4v) is 2.60. The van der Waals surface area contributed by atoms with E-state index in [1.165, 1.54) is 12.2 Å². The average molecular weight is 248 g/mol. The van der Waals surface area contributed by atoms with E-state index in [1.807, 2.05) is 11.8 Å². The van der Waals surface area contributed by atoms with E-state index in [1.54, 1.807) is 7.11 Å². The minimum absolute atomic E-state index is 0.444. The fraction of sp³-hybridized carbons (Fsp3) is 1.00. The van der Waals surface area contributed by atoms with Gasteiger partial charge in [0.05, 0.1) is 6.61 Å². The molecule has 0 bridgehead atoms. The molecule has 4 heteroatoms. The van der Waals surface area contributed by atoms with Crippen LogP contribution in [0.4, 0.5) is 0 Å². The topological polar surface area (TPSA) is 24.5 Å². The van der Waals surface area contributed by atoms with Crippen LogP contribution in [0.25, 0.3) is 0 Å². The molecule has 0 radical (unpaired) electrons. The molecule has 0 aromatic carbocycles. The molecule has 0 aromatic heterocycles. The third-order valence-electron chi connectivity index (χ3n) is 2.83. The summed E-state index contributed by atoms with van der Waals surface area (Å²) >= 11 is 1.93. The van der Waals surface area contributed by atoms with Crippen LogP contribution < -0.4 is 5.32 Å². The highest BCUT2D eigenvalue weighted by molar-refractivity contribution is 7.98. The summed E-state index contributed by atoms with van der Waals surface area (Å²) in [6.07, 6.45) is 3.40. The highest BCUT2D eigenvalue weighted by Crippen LogP contribution is 2.07. The van der Waals surface area contributed by atoms with Crippen LogP contribution in [0.2, 0.25) is 0 Å². The molecule has 2 unspecified atom stereocenters. The molecule has 0 rings (SSSR count). The third kappa shape index (κ3) is 7.49. The van der Waals surface area contributed by atoms with Crippen LogP contribution in [0.5, 0.6) is 0 Å². The van der Waals surface area contributed by atoms with Crippen LogP contribution in [-0.2, 0) is 4.74 Å². The number of nitrogens with zero attached hydrogens (tertiary/aromatic N) is 1. The Morgan fingerprint density at radius 2 is 2.12 bits per heavy atom. The Hall–Kier alpha value is 0.230. The van der Waals surface area contributed by atoms with E-state index in [4.69, 9.17) is 4.74 Å². The van der Waals surface area contributed by atoms with Gasteiger partial charge in [0.1, 0.15) is 0 Å². The number of methoxy groups -OCH3 is 1. The SMILES string of the molecule is CCC(CSC)N(C)CCNC(C)COC. The van der Waals surface area contributed by atoms with Crippen LogP contribution in [0.3, 0.4) is 0 Å². The summed E-state index contributed by atoms with van der Waals surface area (Å²) in [4.78, 5) is 2.45. The molecule has 0 saturated heterocycles. The predicted molar refractivity (Wildman–Crippen MR) is 74.4 cm³/mol. The minimum atomic E-state index is 0.444. The first-order valence-electron chi connectivity index (χ1n) is 6.07. The smallest absolute Gasteiger partial charge is 0.0613 e. The van der Waals surface area contributed by atoms with Gasteiger partial charge in [-0.3, -0.25) is 0 Å². The van der Waals surface area contributed by atoms with Crippen molar-refractivity contribution in [2.45, 2.75) is 32.4 Å². The maximum Gasteiger partial charge on any atom is 0.0613 e. The van der Waals surface area contributed by atoms with E-state index in [-0.39, 0.29) is 0 Å². The molecule has 2 atom stereocenters. The number of thioether (sulfide) groups is 1. The van der Waals surface area contributed by atoms with Crippen molar-refractivity contribution in [3.63, 3.8) is 0 Å². The minimum Gasteiger partial charge on any atom is -0.383 e. The molecule has 3 nitrogen and oxygen atoms in total. The van der Waals surface area contributed by atoms with Gasteiger partial charge < -0.3 is 15.0 Å². The zero-order chi connectivity index (χ0) is 12.4. The van der Waals surface area contributed by atoms with Crippen molar-refractivity contribution < 1.29 is 4.74 Å². The van der Waals surface area contributed by atoms with Crippen molar-refractivity contribution in [3.05, 3.63) is 0 Å². The molecule has 0 saturated carbocycles. The van der Waals surface area contributed by atoms with E-state index in [0.717, 1.165) is 19.7 Å². The Morgan fingerprint density at radius 1 is 1.44 bits per heavy atom. The van der Waals surface area contributed by atoms with Crippen molar-refractivity contribution in [2.24, 2.45) is 0 Å². The molecule has 0 aliphatic rings. The Balaban J connectivity index is 3.65. The molecule has 0 heterocycles. The Kier molecular flexibility index (Phi) is 10.5. The molecule has 0 amide bonds. The highest BCUT2D eigenvalue weighted by atomic mass is 32.2. The second-order valence-electron chi connectivity index (χ2n) is 4.31. The first-order chi connectivity index (χ1) is 7.65.